The second kappa shape index (κ2) is 6.90. The molecule has 2 fully saturated rings. The van der Waals surface area contributed by atoms with E-state index < -0.39 is 5.60 Å². The van der Waals surface area contributed by atoms with Crippen LogP contribution in [0.15, 0.2) is 6.33 Å². The van der Waals surface area contributed by atoms with Gasteiger partial charge in [-0.1, -0.05) is 0 Å². The van der Waals surface area contributed by atoms with Crippen LogP contribution in [0.3, 0.4) is 0 Å². The second-order valence-electron chi connectivity index (χ2n) is 6.69. The van der Waals surface area contributed by atoms with Crippen LogP contribution in [0.1, 0.15) is 12.8 Å². The van der Waals surface area contributed by atoms with Gasteiger partial charge in [0.15, 0.2) is 0 Å². The van der Waals surface area contributed by atoms with Crippen molar-refractivity contribution in [1.82, 2.24) is 34.9 Å². The maximum absolute atomic E-state index is 12.3. The molecule has 23 heavy (non-hydrogen) atoms. The zero-order valence-electron chi connectivity index (χ0n) is 13.6. The van der Waals surface area contributed by atoms with Crippen molar-refractivity contribution in [2.45, 2.75) is 25.0 Å². The Morgan fingerprint density at radius 2 is 2.04 bits per heavy atom. The van der Waals surface area contributed by atoms with Crippen LogP contribution in [-0.2, 0) is 11.3 Å². The van der Waals surface area contributed by atoms with E-state index in [1.807, 2.05) is 0 Å². The standard InChI is InChI=1S/C14H25N7O2/c1-18-6-8-19(9-7-18)10-14(23)3-5-20(11-14)13(22)2-4-21-12-15-16-17-21/h12,23H,2-11H2,1H3/t14-/m1/s1. The Balaban J connectivity index is 1.45. The third-order valence-electron chi connectivity index (χ3n) is 4.75. The van der Waals surface area contributed by atoms with Crippen LogP contribution < -0.4 is 0 Å². The number of likely N-dealkylation sites (tertiary alicyclic amines) is 1. The average molecular weight is 323 g/mol. The van der Waals surface area contributed by atoms with E-state index >= 15 is 0 Å². The van der Waals surface area contributed by atoms with Gasteiger partial charge in [0.1, 0.15) is 6.33 Å². The second-order valence-corrected chi connectivity index (χ2v) is 6.69. The van der Waals surface area contributed by atoms with Gasteiger partial charge in [0, 0.05) is 45.7 Å². The zero-order chi connectivity index (χ0) is 16.3. The van der Waals surface area contributed by atoms with Crippen molar-refractivity contribution >= 4 is 5.91 Å². The van der Waals surface area contributed by atoms with Gasteiger partial charge in [0.25, 0.3) is 0 Å². The fourth-order valence-corrected chi connectivity index (χ4v) is 3.27. The third kappa shape index (κ3) is 4.24. The summed E-state index contributed by atoms with van der Waals surface area (Å²) < 4.78 is 1.55. The van der Waals surface area contributed by atoms with Gasteiger partial charge in [0.2, 0.25) is 5.91 Å². The minimum Gasteiger partial charge on any atom is -0.387 e. The molecular formula is C14H25N7O2. The Bertz CT molecular complexity index is 515. The highest BCUT2D eigenvalue weighted by Crippen LogP contribution is 2.23. The van der Waals surface area contributed by atoms with Crippen molar-refractivity contribution in [2.24, 2.45) is 0 Å². The monoisotopic (exact) mass is 323 g/mol. The van der Waals surface area contributed by atoms with Gasteiger partial charge < -0.3 is 14.9 Å². The summed E-state index contributed by atoms with van der Waals surface area (Å²) >= 11 is 0. The van der Waals surface area contributed by atoms with Crippen LogP contribution >= 0.6 is 0 Å². The lowest BCUT2D eigenvalue weighted by Crippen LogP contribution is -2.52. The van der Waals surface area contributed by atoms with E-state index in [-0.39, 0.29) is 5.91 Å². The van der Waals surface area contributed by atoms with E-state index in [1.165, 1.54) is 6.33 Å². The molecule has 3 rings (SSSR count). The molecule has 3 heterocycles. The number of β-amino-alcohol motifs (C(OH)–C–C–N with tert-alkyl or cyclic N) is 1. The Labute approximate surface area is 135 Å². The van der Waals surface area contributed by atoms with Crippen LogP contribution in [-0.4, -0.2) is 104 Å². The van der Waals surface area contributed by atoms with Crippen molar-refractivity contribution in [2.75, 3.05) is 52.9 Å². The molecule has 2 saturated heterocycles. The first-order valence-electron chi connectivity index (χ1n) is 8.16. The molecule has 2 aliphatic rings. The number of hydrogen-bond donors (Lipinski definition) is 1. The van der Waals surface area contributed by atoms with Crippen LogP contribution in [0, 0.1) is 0 Å². The van der Waals surface area contributed by atoms with Gasteiger partial charge in [-0.2, -0.15) is 0 Å². The van der Waals surface area contributed by atoms with Crippen molar-refractivity contribution in [3.05, 3.63) is 6.33 Å². The number of carbonyl (C=O) groups is 1. The molecule has 1 N–H and O–H groups in total. The van der Waals surface area contributed by atoms with Crippen molar-refractivity contribution in [3.8, 4) is 0 Å². The van der Waals surface area contributed by atoms with Crippen LogP contribution in [0.2, 0.25) is 0 Å². The van der Waals surface area contributed by atoms with Gasteiger partial charge in [-0.3, -0.25) is 9.69 Å². The molecule has 0 radical (unpaired) electrons. The fraction of sp³-hybridized carbons (Fsp3) is 0.857. The number of aryl methyl sites for hydroxylation is 1. The molecule has 9 heteroatoms. The van der Waals surface area contributed by atoms with Gasteiger partial charge in [0.05, 0.1) is 18.7 Å². The topological polar surface area (TPSA) is 90.6 Å². The van der Waals surface area contributed by atoms with Crippen LogP contribution in [0.25, 0.3) is 0 Å². The van der Waals surface area contributed by atoms with E-state index in [1.54, 1.807) is 9.58 Å². The maximum atomic E-state index is 12.3. The molecule has 1 atom stereocenters. The van der Waals surface area contributed by atoms with Gasteiger partial charge in [-0.05, 0) is 23.9 Å². The summed E-state index contributed by atoms with van der Waals surface area (Å²) in [6.45, 7) is 6.19. The smallest absolute Gasteiger partial charge is 0.224 e. The molecule has 0 aliphatic carbocycles. The van der Waals surface area contributed by atoms with Crippen molar-refractivity contribution in [1.29, 1.82) is 0 Å². The molecule has 0 saturated carbocycles. The molecule has 1 aromatic rings. The van der Waals surface area contributed by atoms with E-state index in [9.17, 15) is 9.90 Å². The van der Waals surface area contributed by atoms with E-state index in [4.69, 9.17) is 0 Å². The summed E-state index contributed by atoms with van der Waals surface area (Å²) in [5, 5.41) is 21.6. The maximum Gasteiger partial charge on any atom is 0.224 e. The normalized spacial score (nSPS) is 26.8. The number of aliphatic hydroxyl groups is 1. The first kappa shape index (κ1) is 16.3. The van der Waals surface area contributed by atoms with E-state index in [0.29, 0.717) is 39.0 Å². The van der Waals surface area contributed by atoms with E-state index in [0.717, 1.165) is 26.2 Å². The van der Waals surface area contributed by atoms with Gasteiger partial charge in [-0.25, -0.2) is 4.68 Å². The highest BCUT2D eigenvalue weighted by Gasteiger charge is 2.39. The summed E-state index contributed by atoms with van der Waals surface area (Å²) in [7, 11) is 2.12. The Hall–Kier alpha value is -1.58. The van der Waals surface area contributed by atoms with Crippen LogP contribution in [0.5, 0.6) is 0 Å². The average Bonchev–Trinajstić information content (AvgIpc) is 3.17. The van der Waals surface area contributed by atoms with Gasteiger partial charge >= 0.3 is 0 Å². The molecule has 128 valence electrons. The number of piperazine rings is 1. The SMILES string of the molecule is CN1CCN(C[C@]2(O)CCN(C(=O)CCn3cnnn3)C2)CC1. The Morgan fingerprint density at radius 3 is 2.74 bits per heavy atom. The number of nitrogens with zero attached hydrogens (tertiary/aromatic N) is 7. The lowest BCUT2D eigenvalue weighted by molar-refractivity contribution is -0.131. The van der Waals surface area contributed by atoms with Gasteiger partial charge in [-0.15, -0.1) is 5.10 Å². The number of rotatable bonds is 5. The Morgan fingerprint density at radius 1 is 1.26 bits per heavy atom. The number of amides is 1. The number of carbonyl (C=O) groups excluding carboxylic acids is 1. The summed E-state index contributed by atoms with van der Waals surface area (Å²) in [6, 6.07) is 0. The minimum atomic E-state index is -0.777. The largest absolute Gasteiger partial charge is 0.387 e. The lowest BCUT2D eigenvalue weighted by atomic mass is 10.0. The molecule has 9 nitrogen and oxygen atoms in total. The molecule has 0 aromatic carbocycles. The fourth-order valence-electron chi connectivity index (χ4n) is 3.27. The molecule has 0 bridgehead atoms. The quantitative estimate of drug-likeness (QED) is 0.689. The number of hydrogen-bond acceptors (Lipinski definition) is 7. The summed E-state index contributed by atoms with van der Waals surface area (Å²) in [4.78, 5) is 18.6. The number of tetrazole rings is 1. The summed E-state index contributed by atoms with van der Waals surface area (Å²) in [5.74, 6) is 0.0507. The number of aromatic nitrogens is 4. The van der Waals surface area contributed by atoms with Crippen LogP contribution in [0.4, 0.5) is 0 Å². The van der Waals surface area contributed by atoms with E-state index in [2.05, 4.69) is 32.4 Å². The Kier molecular flexibility index (Phi) is 4.88. The van der Waals surface area contributed by atoms with Crippen molar-refractivity contribution in [3.63, 3.8) is 0 Å². The first-order valence-corrected chi connectivity index (χ1v) is 8.16. The molecule has 0 spiro atoms. The summed E-state index contributed by atoms with van der Waals surface area (Å²) in [5.41, 5.74) is -0.777. The lowest BCUT2D eigenvalue weighted by Gasteiger charge is -2.36. The molecule has 2 aliphatic heterocycles. The summed E-state index contributed by atoms with van der Waals surface area (Å²) in [6.07, 6.45) is 2.51. The third-order valence-corrected chi connectivity index (χ3v) is 4.75. The predicted octanol–water partition coefficient (Wildman–Crippen LogP) is -1.73. The number of likely N-dealkylation sites (N-methyl/N-ethyl adjacent to an activating group) is 1. The highest BCUT2D eigenvalue weighted by atomic mass is 16.3. The minimum absolute atomic E-state index is 0.0507. The zero-order valence-corrected chi connectivity index (χ0v) is 13.6. The molecule has 0 unspecified atom stereocenters. The highest BCUT2D eigenvalue weighted by molar-refractivity contribution is 5.76. The first-order chi connectivity index (χ1) is 11.0. The molecular weight excluding hydrogens is 298 g/mol. The van der Waals surface area contributed by atoms with Crippen molar-refractivity contribution < 1.29 is 9.90 Å². The molecule has 1 aromatic heterocycles. The molecule has 1 amide bonds. The predicted molar refractivity (Wildman–Crippen MR) is 82.5 cm³/mol.